The van der Waals surface area contributed by atoms with E-state index in [-0.39, 0.29) is 25.3 Å². The predicted octanol–water partition coefficient (Wildman–Crippen LogP) is -0.224. The van der Waals surface area contributed by atoms with Gasteiger partial charge in [-0.15, -0.1) is 0 Å². The van der Waals surface area contributed by atoms with Crippen LogP contribution >= 0.6 is 0 Å². The molecular formula is C17H22N4O6. The number of hydrazone groups is 1. The van der Waals surface area contributed by atoms with Crippen LogP contribution in [0.3, 0.4) is 0 Å². The number of carbonyl (C=O) groups excluding carboxylic acids is 4. The van der Waals surface area contributed by atoms with Gasteiger partial charge in [0, 0.05) is 25.1 Å². The third-order valence-corrected chi connectivity index (χ3v) is 3.47. The van der Waals surface area contributed by atoms with Crippen molar-refractivity contribution in [3.8, 4) is 0 Å². The highest BCUT2D eigenvalue weighted by molar-refractivity contribution is 5.96. The van der Waals surface area contributed by atoms with E-state index in [4.69, 9.17) is 5.84 Å². The van der Waals surface area contributed by atoms with E-state index in [1.165, 1.54) is 6.21 Å². The topological polar surface area (TPSA) is 149 Å². The molecular weight excluding hydrogens is 356 g/mol. The largest absolute Gasteiger partial charge is 0.468 e. The summed E-state index contributed by atoms with van der Waals surface area (Å²) in [7, 11) is 2.25. The van der Waals surface area contributed by atoms with Crippen LogP contribution in [0.4, 0.5) is 5.69 Å². The molecule has 27 heavy (non-hydrogen) atoms. The summed E-state index contributed by atoms with van der Waals surface area (Å²) in [6.45, 7) is -0.274. The highest BCUT2D eigenvalue weighted by atomic mass is 16.5. The van der Waals surface area contributed by atoms with E-state index in [1.807, 2.05) is 0 Å². The summed E-state index contributed by atoms with van der Waals surface area (Å²) in [6.07, 6.45) is 1.28. The first-order valence-electron chi connectivity index (χ1n) is 7.96. The number of amides is 2. The lowest BCUT2D eigenvalue weighted by atomic mass is 10.1. The second-order valence-electron chi connectivity index (χ2n) is 5.35. The van der Waals surface area contributed by atoms with E-state index in [0.717, 1.165) is 19.8 Å². The molecule has 0 bridgehead atoms. The second-order valence-corrected chi connectivity index (χ2v) is 5.35. The van der Waals surface area contributed by atoms with Crippen LogP contribution in [-0.4, -0.2) is 50.7 Å². The number of nitrogens with one attached hydrogen (secondary N) is 2. The molecule has 0 radical (unpaired) electrons. The maximum atomic E-state index is 11.9. The molecule has 0 unspecified atom stereocenters. The minimum atomic E-state index is -1.26. The van der Waals surface area contributed by atoms with Gasteiger partial charge in [0.1, 0.15) is 0 Å². The standard InChI is InChI=1S/C17H22N4O6/c1-26-16(24)13(17(25)27-2)10-19-14(22)7-8-15(23)21-12-5-3-11(4-6-12)9-20-18/h3-6,9,13H,7-8,10,18H2,1-2H3,(H,19,22)(H,21,23). The van der Waals surface area contributed by atoms with Crippen molar-refractivity contribution in [3.05, 3.63) is 29.8 Å². The SMILES string of the molecule is COC(=O)C(CNC(=O)CCC(=O)Nc1ccc(C=NN)cc1)C(=O)OC. The molecule has 0 fully saturated rings. The van der Waals surface area contributed by atoms with Crippen LogP contribution in [0.1, 0.15) is 18.4 Å². The van der Waals surface area contributed by atoms with E-state index < -0.39 is 23.8 Å². The van der Waals surface area contributed by atoms with Crippen molar-refractivity contribution < 1.29 is 28.7 Å². The zero-order chi connectivity index (χ0) is 20.2. The Labute approximate surface area is 156 Å². The first-order chi connectivity index (χ1) is 12.9. The van der Waals surface area contributed by atoms with Crippen LogP contribution in [0.15, 0.2) is 29.4 Å². The summed E-state index contributed by atoms with van der Waals surface area (Å²) >= 11 is 0. The summed E-state index contributed by atoms with van der Waals surface area (Å²) in [5.41, 5.74) is 1.34. The summed E-state index contributed by atoms with van der Waals surface area (Å²) in [5, 5.41) is 8.44. The lowest BCUT2D eigenvalue weighted by molar-refractivity contribution is -0.158. The van der Waals surface area contributed by atoms with Gasteiger partial charge in [-0.1, -0.05) is 12.1 Å². The van der Waals surface area contributed by atoms with E-state index in [2.05, 4.69) is 25.2 Å². The average molecular weight is 378 g/mol. The van der Waals surface area contributed by atoms with Gasteiger partial charge in [-0.25, -0.2) is 0 Å². The molecule has 0 heterocycles. The fraction of sp³-hybridized carbons (Fsp3) is 0.353. The van der Waals surface area contributed by atoms with E-state index in [1.54, 1.807) is 24.3 Å². The van der Waals surface area contributed by atoms with Gasteiger partial charge in [0.05, 0.1) is 20.4 Å². The molecule has 0 spiro atoms. The number of rotatable bonds is 9. The number of methoxy groups -OCH3 is 2. The Morgan fingerprint density at radius 1 is 1.04 bits per heavy atom. The number of ether oxygens (including phenoxy) is 2. The Kier molecular flexibility index (Phi) is 8.99. The molecule has 4 N–H and O–H groups in total. The molecule has 0 aliphatic rings. The average Bonchev–Trinajstić information content (AvgIpc) is 2.67. The van der Waals surface area contributed by atoms with Gasteiger partial charge >= 0.3 is 11.9 Å². The van der Waals surface area contributed by atoms with Crippen molar-refractivity contribution in [3.63, 3.8) is 0 Å². The summed E-state index contributed by atoms with van der Waals surface area (Å²) in [5.74, 6) is 1.31. The van der Waals surface area contributed by atoms with Crippen molar-refractivity contribution in [2.24, 2.45) is 16.9 Å². The number of esters is 2. The Balaban J connectivity index is 2.43. The lowest BCUT2D eigenvalue weighted by Gasteiger charge is -2.13. The molecule has 0 atom stereocenters. The van der Waals surface area contributed by atoms with Crippen LogP contribution in [0.2, 0.25) is 0 Å². The third kappa shape index (κ3) is 7.55. The Hall–Kier alpha value is -3.43. The van der Waals surface area contributed by atoms with Gasteiger partial charge < -0.3 is 25.9 Å². The van der Waals surface area contributed by atoms with Crippen LogP contribution in [-0.2, 0) is 28.7 Å². The number of nitrogens with zero attached hydrogens (tertiary/aromatic N) is 1. The maximum absolute atomic E-state index is 11.9. The van der Waals surface area contributed by atoms with Gasteiger partial charge in [-0.05, 0) is 17.7 Å². The smallest absolute Gasteiger partial charge is 0.321 e. The monoisotopic (exact) mass is 378 g/mol. The number of hydrogen-bond donors (Lipinski definition) is 3. The molecule has 2 amide bonds. The molecule has 0 aliphatic heterocycles. The van der Waals surface area contributed by atoms with Crippen molar-refractivity contribution in [1.82, 2.24) is 5.32 Å². The predicted molar refractivity (Wildman–Crippen MR) is 96.6 cm³/mol. The van der Waals surface area contributed by atoms with E-state index in [9.17, 15) is 19.2 Å². The van der Waals surface area contributed by atoms with Crippen molar-refractivity contribution in [1.29, 1.82) is 0 Å². The molecule has 10 nitrogen and oxygen atoms in total. The molecule has 0 aromatic heterocycles. The summed E-state index contributed by atoms with van der Waals surface area (Å²) in [4.78, 5) is 46.7. The highest BCUT2D eigenvalue weighted by Gasteiger charge is 2.29. The first kappa shape index (κ1) is 21.6. The normalized spacial score (nSPS) is 10.5. The lowest BCUT2D eigenvalue weighted by Crippen LogP contribution is -2.38. The highest BCUT2D eigenvalue weighted by Crippen LogP contribution is 2.09. The zero-order valence-corrected chi connectivity index (χ0v) is 15.1. The van der Waals surface area contributed by atoms with Crippen molar-refractivity contribution in [2.75, 3.05) is 26.1 Å². The van der Waals surface area contributed by atoms with Gasteiger partial charge in [0.2, 0.25) is 11.8 Å². The van der Waals surface area contributed by atoms with Crippen LogP contribution in [0.25, 0.3) is 0 Å². The summed E-state index contributed by atoms with van der Waals surface area (Å²) < 4.78 is 8.97. The molecule has 146 valence electrons. The Morgan fingerprint density at radius 3 is 2.11 bits per heavy atom. The molecule has 1 aromatic rings. The molecule has 0 saturated carbocycles. The number of hydrogen-bond acceptors (Lipinski definition) is 8. The van der Waals surface area contributed by atoms with E-state index in [0.29, 0.717) is 5.69 Å². The van der Waals surface area contributed by atoms with Crippen molar-refractivity contribution in [2.45, 2.75) is 12.8 Å². The summed E-state index contributed by atoms with van der Waals surface area (Å²) in [6, 6.07) is 6.79. The van der Waals surface area contributed by atoms with Gasteiger partial charge in [0.15, 0.2) is 5.92 Å². The third-order valence-electron chi connectivity index (χ3n) is 3.47. The fourth-order valence-corrected chi connectivity index (χ4v) is 2.04. The van der Waals surface area contributed by atoms with Gasteiger partial charge in [-0.2, -0.15) is 5.10 Å². The number of benzene rings is 1. The van der Waals surface area contributed by atoms with Gasteiger partial charge in [0.25, 0.3) is 0 Å². The number of nitrogens with two attached hydrogens (primary N) is 1. The maximum Gasteiger partial charge on any atom is 0.321 e. The van der Waals surface area contributed by atoms with Crippen LogP contribution < -0.4 is 16.5 Å². The molecule has 10 heteroatoms. The minimum Gasteiger partial charge on any atom is -0.468 e. The molecule has 1 rings (SSSR count). The molecule has 0 saturated heterocycles. The second kappa shape index (κ2) is 11.2. The molecule has 0 aliphatic carbocycles. The van der Waals surface area contributed by atoms with Crippen LogP contribution in [0.5, 0.6) is 0 Å². The zero-order valence-electron chi connectivity index (χ0n) is 15.1. The number of carbonyl (C=O) groups is 4. The fourth-order valence-electron chi connectivity index (χ4n) is 2.04. The van der Waals surface area contributed by atoms with Crippen molar-refractivity contribution >= 4 is 35.7 Å². The molecule has 1 aromatic carbocycles. The van der Waals surface area contributed by atoms with Gasteiger partial charge in [-0.3, -0.25) is 19.2 Å². The van der Waals surface area contributed by atoms with E-state index >= 15 is 0 Å². The van der Waals surface area contributed by atoms with Crippen LogP contribution in [0, 0.1) is 5.92 Å². The minimum absolute atomic E-state index is 0.0705. The Bertz CT molecular complexity index is 686. The Morgan fingerprint density at radius 2 is 1.59 bits per heavy atom. The quantitative estimate of drug-likeness (QED) is 0.177. The number of anilines is 1. The first-order valence-corrected chi connectivity index (χ1v) is 7.96.